The summed E-state index contributed by atoms with van der Waals surface area (Å²) in [7, 11) is 0. The minimum absolute atomic E-state index is 0.00308. The van der Waals surface area contributed by atoms with Crippen LogP contribution in [-0.2, 0) is 9.53 Å². The largest absolute Gasteiger partial charge is 0.379 e. The van der Waals surface area contributed by atoms with Crippen LogP contribution in [0.4, 0.5) is 0 Å². The molecular weight excluding hydrogens is 192 g/mol. The van der Waals surface area contributed by atoms with Gasteiger partial charge in [0.2, 0.25) is 5.91 Å². The molecule has 0 aliphatic heterocycles. The van der Waals surface area contributed by atoms with Crippen LogP contribution in [0.3, 0.4) is 0 Å². The lowest BCUT2D eigenvalue weighted by atomic mass is 10.1. The van der Waals surface area contributed by atoms with E-state index in [4.69, 9.17) is 10.5 Å². The van der Waals surface area contributed by atoms with Gasteiger partial charge in [-0.3, -0.25) is 4.79 Å². The number of carbonyl (C=O) groups excluding carboxylic acids is 1. The summed E-state index contributed by atoms with van der Waals surface area (Å²) in [5, 5.41) is 2.76. The third-order valence-electron chi connectivity index (χ3n) is 2.01. The van der Waals surface area contributed by atoms with Gasteiger partial charge >= 0.3 is 0 Å². The third-order valence-corrected chi connectivity index (χ3v) is 2.01. The maximum absolute atomic E-state index is 11.2. The summed E-state index contributed by atoms with van der Waals surface area (Å²) in [6, 6.07) is -0.0355. The molecule has 0 heterocycles. The summed E-state index contributed by atoms with van der Waals surface area (Å²) in [5.74, 6) is -0.00308. The minimum Gasteiger partial charge on any atom is -0.379 e. The molecule has 0 saturated carbocycles. The van der Waals surface area contributed by atoms with Crippen molar-refractivity contribution in [2.75, 3.05) is 19.8 Å². The van der Waals surface area contributed by atoms with Gasteiger partial charge < -0.3 is 15.8 Å². The molecule has 3 N–H and O–H groups in total. The van der Waals surface area contributed by atoms with Crippen LogP contribution in [0.2, 0.25) is 0 Å². The van der Waals surface area contributed by atoms with Crippen LogP contribution < -0.4 is 11.1 Å². The molecule has 0 rings (SSSR count). The van der Waals surface area contributed by atoms with Crippen molar-refractivity contribution in [1.29, 1.82) is 0 Å². The Kier molecular flexibility index (Phi) is 9.11. The van der Waals surface area contributed by atoms with Crippen molar-refractivity contribution in [3.05, 3.63) is 12.7 Å². The zero-order valence-corrected chi connectivity index (χ0v) is 9.50. The van der Waals surface area contributed by atoms with E-state index in [0.29, 0.717) is 26.2 Å². The highest BCUT2D eigenvalue weighted by Crippen LogP contribution is 1.92. The number of nitrogens with one attached hydrogen (secondary N) is 1. The van der Waals surface area contributed by atoms with E-state index in [2.05, 4.69) is 11.9 Å². The van der Waals surface area contributed by atoms with Crippen LogP contribution in [0.1, 0.15) is 26.2 Å². The molecule has 1 atom stereocenters. The molecule has 88 valence electrons. The monoisotopic (exact) mass is 214 g/mol. The molecule has 0 aromatic carbocycles. The Morgan fingerprint density at radius 1 is 1.60 bits per heavy atom. The van der Waals surface area contributed by atoms with Crippen LogP contribution in [0.15, 0.2) is 12.7 Å². The van der Waals surface area contributed by atoms with Crippen LogP contribution >= 0.6 is 0 Å². The van der Waals surface area contributed by atoms with Crippen molar-refractivity contribution in [3.8, 4) is 0 Å². The zero-order chi connectivity index (χ0) is 11.5. The molecule has 0 fully saturated rings. The molecule has 15 heavy (non-hydrogen) atoms. The first kappa shape index (κ1) is 14.1. The zero-order valence-electron chi connectivity index (χ0n) is 9.50. The first-order valence-electron chi connectivity index (χ1n) is 5.41. The highest BCUT2D eigenvalue weighted by molar-refractivity contribution is 5.76. The van der Waals surface area contributed by atoms with Crippen LogP contribution in [-0.4, -0.2) is 31.7 Å². The van der Waals surface area contributed by atoms with Crippen molar-refractivity contribution in [2.24, 2.45) is 5.73 Å². The van der Waals surface area contributed by atoms with Gasteiger partial charge in [-0.2, -0.15) is 0 Å². The van der Waals surface area contributed by atoms with Crippen molar-refractivity contribution >= 4 is 5.91 Å². The van der Waals surface area contributed by atoms with Gasteiger partial charge in [-0.15, -0.1) is 6.58 Å². The van der Waals surface area contributed by atoms with Crippen molar-refractivity contribution in [2.45, 2.75) is 32.2 Å². The highest BCUT2D eigenvalue weighted by Gasteiger charge is 2.06. The van der Waals surface area contributed by atoms with Gasteiger partial charge in [0, 0.05) is 19.0 Å². The standard InChI is InChI=1S/C11H22N2O2/c1-3-5-7-15-8-6-13-11(14)9-10(12)4-2/h3,10H,1,4-9,12H2,2H3,(H,13,14). The lowest BCUT2D eigenvalue weighted by Crippen LogP contribution is -2.33. The summed E-state index contributed by atoms with van der Waals surface area (Å²) >= 11 is 0. The molecule has 0 spiro atoms. The normalized spacial score (nSPS) is 12.1. The molecule has 0 radical (unpaired) electrons. The molecule has 0 saturated heterocycles. The second-order valence-corrected chi connectivity index (χ2v) is 3.41. The van der Waals surface area contributed by atoms with E-state index in [1.165, 1.54) is 0 Å². The number of nitrogens with two attached hydrogens (primary N) is 1. The fourth-order valence-corrected chi connectivity index (χ4v) is 0.986. The van der Waals surface area contributed by atoms with Gasteiger partial charge in [0.15, 0.2) is 0 Å². The SMILES string of the molecule is C=CCCOCCNC(=O)CC(N)CC. The Bertz CT molecular complexity index is 183. The summed E-state index contributed by atoms with van der Waals surface area (Å²) < 4.78 is 5.24. The second-order valence-electron chi connectivity index (χ2n) is 3.41. The fraction of sp³-hybridized carbons (Fsp3) is 0.727. The molecule has 0 aromatic heterocycles. The van der Waals surface area contributed by atoms with Gasteiger partial charge in [-0.1, -0.05) is 13.0 Å². The van der Waals surface area contributed by atoms with Crippen molar-refractivity contribution in [3.63, 3.8) is 0 Å². The first-order chi connectivity index (χ1) is 7.20. The minimum atomic E-state index is -0.0355. The molecule has 4 heteroatoms. The predicted molar refractivity (Wildman–Crippen MR) is 61.5 cm³/mol. The Labute approximate surface area is 91.9 Å². The van der Waals surface area contributed by atoms with Crippen LogP contribution in [0.5, 0.6) is 0 Å². The molecule has 1 unspecified atom stereocenters. The average molecular weight is 214 g/mol. The molecule has 0 aliphatic rings. The third kappa shape index (κ3) is 9.43. The molecule has 1 amide bonds. The summed E-state index contributed by atoms with van der Waals surface area (Å²) in [4.78, 5) is 11.2. The van der Waals surface area contributed by atoms with Crippen molar-refractivity contribution < 1.29 is 9.53 Å². The summed E-state index contributed by atoms with van der Waals surface area (Å²) in [5.41, 5.74) is 5.64. The average Bonchev–Trinajstić information content (AvgIpc) is 2.23. The second kappa shape index (κ2) is 9.68. The Balaban J connectivity index is 3.27. The van der Waals surface area contributed by atoms with Gasteiger partial charge in [-0.05, 0) is 12.8 Å². The van der Waals surface area contributed by atoms with E-state index in [1.54, 1.807) is 6.08 Å². The quantitative estimate of drug-likeness (QED) is 0.441. The summed E-state index contributed by atoms with van der Waals surface area (Å²) in [6.45, 7) is 7.30. The predicted octanol–water partition coefficient (Wildman–Crippen LogP) is 0.823. The van der Waals surface area contributed by atoms with Gasteiger partial charge in [0.05, 0.1) is 13.2 Å². The number of amides is 1. The maximum atomic E-state index is 11.2. The molecule has 4 nitrogen and oxygen atoms in total. The smallest absolute Gasteiger partial charge is 0.221 e. The maximum Gasteiger partial charge on any atom is 0.221 e. The van der Waals surface area contributed by atoms with Crippen LogP contribution in [0, 0.1) is 0 Å². The lowest BCUT2D eigenvalue weighted by Gasteiger charge is -2.09. The number of carbonyl (C=O) groups is 1. The van der Waals surface area contributed by atoms with Gasteiger partial charge in [-0.25, -0.2) is 0 Å². The molecular formula is C11H22N2O2. The van der Waals surface area contributed by atoms with E-state index in [9.17, 15) is 4.79 Å². The number of hydrogen-bond donors (Lipinski definition) is 2. The van der Waals surface area contributed by atoms with E-state index in [1.807, 2.05) is 6.92 Å². The number of hydrogen-bond acceptors (Lipinski definition) is 3. The molecule has 0 bridgehead atoms. The first-order valence-corrected chi connectivity index (χ1v) is 5.41. The topological polar surface area (TPSA) is 64.3 Å². The van der Waals surface area contributed by atoms with E-state index < -0.39 is 0 Å². The van der Waals surface area contributed by atoms with E-state index >= 15 is 0 Å². The van der Waals surface area contributed by atoms with Crippen LogP contribution in [0.25, 0.3) is 0 Å². The van der Waals surface area contributed by atoms with Crippen molar-refractivity contribution in [1.82, 2.24) is 5.32 Å². The Morgan fingerprint density at radius 3 is 2.93 bits per heavy atom. The summed E-state index contributed by atoms with van der Waals surface area (Å²) in [6.07, 6.45) is 3.86. The lowest BCUT2D eigenvalue weighted by molar-refractivity contribution is -0.121. The number of rotatable bonds is 9. The number of ether oxygens (including phenoxy) is 1. The molecule has 0 aromatic rings. The molecule has 0 aliphatic carbocycles. The highest BCUT2D eigenvalue weighted by atomic mass is 16.5. The van der Waals surface area contributed by atoms with E-state index in [0.717, 1.165) is 12.8 Å². The van der Waals surface area contributed by atoms with Gasteiger partial charge in [0.25, 0.3) is 0 Å². The Hall–Kier alpha value is -0.870. The van der Waals surface area contributed by atoms with E-state index in [-0.39, 0.29) is 11.9 Å². The van der Waals surface area contributed by atoms with Gasteiger partial charge in [0.1, 0.15) is 0 Å². The fourth-order valence-electron chi connectivity index (χ4n) is 0.986. The Morgan fingerprint density at radius 2 is 2.33 bits per heavy atom.